The van der Waals surface area contributed by atoms with E-state index in [0.29, 0.717) is 33.9 Å². The van der Waals surface area contributed by atoms with E-state index in [0.717, 1.165) is 5.56 Å². The molecule has 0 unspecified atom stereocenters. The van der Waals surface area contributed by atoms with Crippen LogP contribution in [0.5, 0.6) is 11.5 Å². The molecule has 26 heavy (non-hydrogen) atoms. The van der Waals surface area contributed by atoms with Gasteiger partial charge in [-0.1, -0.05) is 36.1 Å². The van der Waals surface area contributed by atoms with E-state index in [2.05, 4.69) is 6.58 Å². The van der Waals surface area contributed by atoms with Crippen molar-refractivity contribution in [2.24, 2.45) is 0 Å². The average molecular weight is 393 g/mol. The van der Waals surface area contributed by atoms with Crippen molar-refractivity contribution in [2.75, 3.05) is 26.9 Å². The number of methoxy groups -OCH3 is 1. The number of rotatable bonds is 8. The summed E-state index contributed by atoms with van der Waals surface area (Å²) in [6.45, 7) is 5.83. The maximum atomic E-state index is 12.4. The number of amides is 1. The van der Waals surface area contributed by atoms with E-state index < -0.39 is 5.97 Å². The van der Waals surface area contributed by atoms with Crippen LogP contribution in [-0.4, -0.2) is 48.0 Å². The lowest BCUT2D eigenvalue weighted by Gasteiger charge is -2.11. The lowest BCUT2D eigenvalue weighted by atomic mass is 10.2. The molecule has 0 aliphatic carbocycles. The summed E-state index contributed by atoms with van der Waals surface area (Å²) in [5.41, 5.74) is 0.754. The number of thioether (sulfide) groups is 1. The Morgan fingerprint density at radius 2 is 2.15 bits per heavy atom. The minimum atomic E-state index is -0.454. The largest absolute Gasteiger partial charge is 0.493 e. The molecule has 1 aromatic carbocycles. The number of benzene rings is 1. The minimum absolute atomic E-state index is 0.151. The van der Waals surface area contributed by atoms with Gasteiger partial charge in [0.15, 0.2) is 18.1 Å². The standard InChI is InChI=1S/C18H19NO5S2/c1-4-8-19-17(21)15(26-18(19)25)10-12-6-7-13(14(9-12)22-3)24-11-16(20)23-5-2/h4,6-7,9-10H,1,5,8,11H2,2-3H3. The van der Waals surface area contributed by atoms with Crippen molar-refractivity contribution in [1.82, 2.24) is 4.90 Å². The topological polar surface area (TPSA) is 65.1 Å². The maximum Gasteiger partial charge on any atom is 0.344 e. The van der Waals surface area contributed by atoms with E-state index in [1.807, 2.05) is 0 Å². The van der Waals surface area contributed by atoms with Crippen LogP contribution in [0.2, 0.25) is 0 Å². The molecule has 1 aliphatic heterocycles. The second-order valence-corrected chi connectivity index (χ2v) is 6.76. The van der Waals surface area contributed by atoms with Crippen molar-refractivity contribution in [3.63, 3.8) is 0 Å². The molecule has 8 heteroatoms. The highest BCUT2D eigenvalue weighted by Gasteiger charge is 2.31. The Morgan fingerprint density at radius 3 is 2.81 bits per heavy atom. The molecule has 0 atom stereocenters. The molecule has 1 aromatic rings. The van der Waals surface area contributed by atoms with Gasteiger partial charge >= 0.3 is 5.97 Å². The summed E-state index contributed by atoms with van der Waals surface area (Å²) in [6, 6.07) is 5.16. The SMILES string of the molecule is C=CCN1C(=O)C(=Cc2ccc(OCC(=O)OCC)c(OC)c2)SC1=S. The van der Waals surface area contributed by atoms with E-state index in [-0.39, 0.29) is 12.5 Å². The van der Waals surface area contributed by atoms with Crippen molar-refractivity contribution >= 4 is 46.3 Å². The quantitative estimate of drug-likeness (QED) is 0.291. The van der Waals surface area contributed by atoms with Gasteiger partial charge in [0.1, 0.15) is 4.32 Å². The van der Waals surface area contributed by atoms with Crippen LogP contribution in [0.1, 0.15) is 12.5 Å². The molecule has 1 amide bonds. The summed E-state index contributed by atoms with van der Waals surface area (Å²) in [4.78, 5) is 25.8. The first kappa shape index (κ1) is 20.0. The summed E-state index contributed by atoms with van der Waals surface area (Å²) < 4.78 is 16.1. The summed E-state index contributed by atoms with van der Waals surface area (Å²) >= 11 is 6.46. The fraction of sp³-hybridized carbons (Fsp3) is 0.278. The predicted molar refractivity (Wildman–Crippen MR) is 105 cm³/mol. The Morgan fingerprint density at radius 1 is 1.38 bits per heavy atom. The number of carbonyl (C=O) groups is 2. The van der Waals surface area contributed by atoms with Crippen molar-refractivity contribution < 1.29 is 23.8 Å². The first-order valence-corrected chi connectivity index (χ1v) is 9.05. The molecule has 1 aliphatic rings. The summed E-state index contributed by atoms with van der Waals surface area (Å²) in [5, 5.41) is 0. The van der Waals surface area contributed by atoms with Gasteiger partial charge in [-0.3, -0.25) is 9.69 Å². The van der Waals surface area contributed by atoms with Crippen molar-refractivity contribution in [3.05, 3.63) is 41.3 Å². The Balaban J connectivity index is 2.16. The number of nitrogens with zero attached hydrogens (tertiary/aromatic N) is 1. The molecule has 0 aromatic heterocycles. The molecule has 0 saturated carbocycles. The molecule has 0 N–H and O–H groups in total. The van der Waals surface area contributed by atoms with E-state index in [9.17, 15) is 9.59 Å². The Kier molecular flexibility index (Phi) is 7.23. The van der Waals surface area contributed by atoms with Crippen LogP contribution in [0.4, 0.5) is 0 Å². The number of carbonyl (C=O) groups excluding carboxylic acids is 2. The van der Waals surface area contributed by atoms with Gasteiger partial charge in [0.05, 0.1) is 18.6 Å². The van der Waals surface area contributed by atoms with Gasteiger partial charge in [-0.2, -0.15) is 0 Å². The van der Waals surface area contributed by atoms with Crippen LogP contribution < -0.4 is 9.47 Å². The lowest BCUT2D eigenvalue weighted by Crippen LogP contribution is -2.27. The van der Waals surface area contributed by atoms with E-state index >= 15 is 0 Å². The minimum Gasteiger partial charge on any atom is -0.493 e. The fourth-order valence-corrected chi connectivity index (χ4v) is 3.45. The van der Waals surface area contributed by atoms with Crippen LogP contribution in [0.25, 0.3) is 6.08 Å². The third kappa shape index (κ3) is 4.86. The van der Waals surface area contributed by atoms with Gasteiger partial charge in [0.2, 0.25) is 0 Å². The summed E-state index contributed by atoms with van der Waals surface area (Å²) in [7, 11) is 1.50. The number of thiocarbonyl (C=S) groups is 1. The molecule has 2 rings (SSSR count). The number of ether oxygens (including phenoxy) is 3. The molecule has 0 bridgehead atoms. The highest BCUT2D eigenvalue weighted by atomic mass is 32.2. The zero-order valence-corrected chi connectivity index (χ0v) is 16.2. The van der Waals surface area contributed by atoms with Crippen LogP contribution >= 0.6 is 24.0 Å². The van der Waals surface area contributed by atoms with Gasteiger partial charge in [-0.05, 0) is 30.7 Å². The molecular weight excluding hydrogens is 374 g/mol. The Labute approximate surface area is 161 Å². The second kappa shape index (κ2) is 9.40. The fourth-order valence-electron chi connectivity index (χ4n) is 2.17. The van der Waals surface area contributed by atoms with E-state index in [1.54, 1.807) is 37.3 Å². The van der Waals surface area contributed by atoms with Crippen molar-refractivity contribution in [2.45, 2.75) is 6.92 Å². The second-order valence-electron chi connectivity index (χ2n) is 5.08. The summed E-state index contributed by atoms with van der Waals surface area (Å²) in [6.07, 6.45) is 3.37. The van der Waals surface area contributed by atoms with Gasteiger partial charge in [0.25, 0.3) is 5.91 Å². The first-order chi connectivity index (χ1) is 12.5. The predicted octanol–water partition coefficient (Wildman–Crippen LogP) is 3.02. The molecule has 0 radical (unpaired) electrons. The molecule has 1 heterocycles. The van der Waals surface area contributed by atoms with Crippen molar-refractivity contribution in [1.29, 1.82) is 0 Å². The van der Waals surface area contributed by atoms with E-state index in [4.69, 9.17) is 26.4 Å². The maximum absolute atomic E-state index is 12.4. The number of hydrogen-bond acceptors (Lipinski definition) is 7. The van der Waals surface area contributed by atoms with Crippen LogP contribution in [0, 0.1) is 0 Å². The Bertz CT molecular complexity index is 760. The molecule has 0 spiro atoms. The first-order valence-electron chi connectivity index (χ1n) is 7.82. The Hall–Kier alpha value is -2.32. The zero-order valence-electron chi connectivity index (χ0n) is 14.5. The third-order valence-corrected chi connectivity index (χ3v) is 4.70. The molecular formula is C18H19NO5S2. The monoisotopic (exact) mass is 393 g/mol. The molecule has 1 saturated heterocycles. The zero-order chi connectivity index (χ0) is 19.1. The van der Waals surface area contributed by atoms with Crippen LogP contribution in [0.3, 0.4) is 0 Å². The average Bonchev–Trinajstić information content (AvgIpc) is 2.88. The molecule has 1 fully saturated rings. The lowest BCUT2D eigenvalue weighted by molar-refractivity contribution is -0.145. The van der Waals surface area contributed by atoms with Gasteiger partial charge in [-0.15, -0.1) is 6.58 Å². The van der Waals surface area contributed by atoms with Gasteiger partial charge < -0.3 is 14.2 Å². The highest BCUT2D eigenvalue weighted by Crippen LogP contribution is 2.34. The smallest absolute Gasteiger partial charge is 0.344 e. The third-order valence-electron chi connectivity index (χ3n) is 3.32. The van der Waals surface area contributed by atoms with Gasteiger partial charge in [-0.25, -0.2) is 4.79 Å². The number of hydrogen-bond donors (Lipinski definition) is 0. The molecule has 138 valence electrons. The normalized spacial score (nSPS) is 15.3. The van der Waals surface area contributed by atoms with Crippen LogP contribution in [0.15, 0.2) is 35.8 Å². The summed E-state index contributed by atoms with van der Waals surface area (Å²) in [5.74, 6) is 0.257. The highest BCUT2D eigenvalue weighted by molar-refractivity contribution is 8.26. The van der Waals surface area contributed by atoms with Crippen LogP contribution in [-0.2, 0) is 14.3 Å². The molecule has 6 nitrogen and oxygen atoms in total. The number of esters is 1. The van der Waals surface area contributed by atoms with E-state index in [1.165, 1.54) is 23.8 Å². The van der Waals surface area contributed by atoms with Gasteiger partial charge in [0, 0.05) is 6.54 Å². The van der Waals surface area contributed by atoms with Crippen molar-refractivity contribution in [3.8, 4) is 11.5 Å².